The molecule has 0 bridgehead atoms. The number of nitrogens with zero attached hydrogens (tertiary/aromatic N) is 2. The van der Waals surface area contributed by atoms with E-state index in [-0.39, 0.29) is 5.75 Å². The fourth-order valence-electron chi connectivity index (χ4n) is 2.07. The summed E-state index contributed by atoms with van der Waals surface area (Å²) in [6, 6.07) is 3.69. The molecule has 2 heterocycles. The zero-order valence-corrected chi connectivity index (χ0v) is 15.4. The SMILES string of the molecule is Cc1nc(NCc2cc(Br)c(O)c(Br)c2)c2[nH]c(=S)[nH]c2n1. The van der Waals surface area contributed by atoms with Crippen LogP contribution in [0.1, 0.15) is 11.4 Å². The highest BCUT2D eigenvalue weighted by atomic mass is 79.9. The lowest BCUT2D eigenvalue weighted by Crippen LogP contribution is -2.04. The highest BCUT2D eigenvalue weighted by Crippen LogP contribution is 2.33. The van der Waals surface area contributed by atoms with Crippen LogP contribution in [0.15, 0.2) is 21.1 Å². The number of aromatic hydroxyl groups is 1. The highest BCUT2D eigenvalue weighted by molar-refractivity contribution is 9.11. The average molecular weight is 445 g/mol. The second-order valence-electron chi connectivity index (χ2n) is 4.68. The van der Waals surface area contributed by atoms with Crippen molar-refractivity contribution in [3.8, 4) is 5.75 Å². The summed E-state index contributed by atoms with van der Waals surface area (Å²) in [7, 11) is 0. The molecule has 0 saturated carbocycles. The van der Waals surface area contributed by atoms with Crippen LogP contribution in [0, 0.1) is 11.7 Å². The molecule has 2 aromatic heterocycles. The number of hydrogen-bond donors (Lipinski definition) is 4. The van der Waals surface area contributed by atoms with Gasteiger partial charge in [0.2, 0.25) is 0 Å². The molecule has 0 spiro atoms. The number of aromatic amines is 2. The molecule has 0 radical (unpaired) electrons. The van der Waals surface area contributed by atoms with Gasteiger partial charge in [-0.05, 0) is 68.7 Å². The minimum absolute atomic E-state index is 0.179. The van der Waals surface area contributed by atoms with Gasteiger partial charge in [0.1, 0.15) is 17.1 Å². The first-order valence-corrected chi connectivity index (χ1v) is 8.31. The molecule has 1 aromatic carbocycles. The number of phenolic OH excluding ortho intramolecular Hbond substituents is 1. The van der Waals surface area contributed by atoms with Crippen LogP contribution >= 0.6 is 44.1 Å². The molecule has 3 aromatic rings. The molecule has 0 aliphatic carbocycles. The van der Waals surface area contributed by atoms with Gasteiger partial charge >= 0.3 is 0 Å². The maximum atomic E-state index is 9.74. The molecular weight excluding hydrogens is 434 g/mol. The van der Waals surface area contributed by atoms with E-state index in [9.17, 15) is 5.11 Å². The van der Waals surface area contributed by atoms with Crippen molar-refractivity contribution in [2.75, 3.05) is 5.32 Å². The van der Waals surface area contributed by atoms with Crippen LogP contribution < -0.4 is 5.32 Å². The fraction of sp³-hybridized carbons (Fsp3) is 0.154. The zero-order valence-electron chi connectivity index (χ0n) is 11.4. The summed E-state index contributed by atoms with van der Waals surface area (Å²) < 4.78 is 1.76. The van der Waals surface area contributed by atoms with Crippen molar-refractivity contribution in [3.63, 3.8) is 0 Å². The van der Waals surface area contributed by atoms with Crippen molar-refractivity contribution in [1.82, 2.24) is 19.9 Å². The summed E-state index contributed by atoms with van der Waals surface area (Å²) in [6.07, 6.45) is 0. The number of rotatable bonds is 3. The number of halogens is 2. The Hall–Kier alpha value is -1.45. The van der Waals surface area contributed by atoms with E-state index in [1.807, 2.05) is 19.1 Å². The normalized spacial score (nSPS) is 11.0. The van der Waals surface area contributed by atoms with E-state index >= 15 is 0 Å². The molecule has 6 nitrogen and oxygen atoms in total. The quantitative estimate of drug-likeness (QED) is 0.455. The van der Waals surface area contributed by atoms with Crippen LogP contribution in [0.25, 0.3) is 11.2 Å². The van der Waals surface area contributed by atoms with Crippen molar-refractivity contribution in [2.45, 2.75) is 13.5 Å². The lowest BCUT2D eigenvalue weighted by atomic mass is 10.2. The number of imidazole rings is 1. The van der Waals surface area contributed by atoms with E-state index in [0.29, 0.717) is 37.6 Å². The topological polar surface area (TPSA) is 89.6 Å². The van der Waals surface area contributed by atoms with E-state index in [2.05, 4.69) is 57.1 Å². The van der Waals surface area contributed by atoms with Crippen LogP contribution in [0.3, 0.4) is 0 Å². The van der Waals surface area contributed by atoms with E-state index < -0.39 is 0 Å². The van der Waals surface area contributed by atoms with Crippen LogP contribution in [-0.4, -0.2) is 25.0 Å². The van der Waals surface area contributed by atoms with E-state index in [0.717, 1.165) is 11.1 Å². The molecule has 4 N–H and O–H groups in total. The van der Waals surface area contributed by atoms with Crippen molar-refractivity contribution < 1.29 is 5.11 Å². The second kappa shape index (κ2) is 5.98. The summed E-state index contributed by atoms with van der Waals surface area (Å²) in [5.74, 6) is 1.50. The predicted molar refractivity (Wildman–Crippen MR) is 94.6 cm³/mol. The number of anilines is 1. The number of benzene rings is 1. The smallest absolute Gasteiger partial charge is 0.176 e. The number of fused-ring (bicyclic) bond motifs is 1. The molecule has 114 valence electrons. The van der Waals surface area contributed by atoms with Crippen LogP contribution in [0.2, 0.25) is 0 Å². The minimum Gasteiger partial charge on any atom is -0.506 e. The third-order valence-electron chi connectivity index (χ3n) is 3.03. The Kier molecular flexibility index (Phi) is 4.20. The lowest BCUT2D eigenvalue weighted by Gasteiger charge is -2.09. The first-order chi connectivity index (χ1) is 10.4. The maximum Gasteiger partial charge on any atom is 0.176 e. The second-order valence-corrected chi connectivity index (χ2v) is 6.80. The van der Waals surface area contributed by atoms with Gasteiger partial charge in [0.05, 0.1) is 8.95 Å². The Morgan fingerprint density at radius 3 is 2.59 bits per heavy atom. The van der Waals surface area contributed by atoms with Crippen LogP contribution in [0.5, 0.6) is 5.75 Å². The van der Waals surface area contributed by atoms with Crippen molar-refractivity contribution in [1.29, 1.82) is 0 Å². The molecule has 3 rings (SSSR count). The molecule has 0 unspecified atom stereocenters. The number of phenols is 1. The fourth-order valence-corrected chi connectivity index (χ4v) is 3.55. The molecule has 9 heteroatoms. The van der Waals surface area contributed by atoms with Gasteiger partial charge in [-0.3, -0.25) is 0 Å². The van der Waals surface area contributed by atoms with Crippen LogP contribution in [0.4, 0.5) is 5.82 Å². The first kappa shape index (κ1) is 15.4. The van der Waals surface area contributed by atoms with Crippen molar-refractivity contribution in [2.24, 2.45) is 0 Å². The average Bonchev–Trinajstić information content (AvgIpc) is 2.82. The molecule has 22 heavy (non-hydrogen) atoms. The Balaban J connectivity index is 1.92. The monoisotopic (exact) mass is 443 g/mol. The van der Waals surface area contributed by atoms with E-state index in [1.54, 1.807) is 0 Å². The van der Waals surface area contributed by atoms with Crippen molar-refractivity contribution >= 4 is 61.1 Å². The Morgan fingerprint density at radius 2 is 1.91 bits per heavy atom. The summed E-state index contributed by atoms with van der Waals surface area (Å²) in [5, 5.41) is 13.0. The van der Waals surface area contributed by atoms with E-state index in [4.69, 9.17) is 12.2 Å². The summed E-state index contributed by atoms with van der Waals surface area (Å²) in [4.78, 5) is 14.7. The Morgan fingerprint density at radius 1 is 1.23 bits per heavy atom. The molecule has 0 aliphatic rings. The summed E-state index contributed by atoms with van der Waals surface area (Å²) in [6.45, 7) is 2.36. The maximum absolute atomic E-state index is 9.74. The minimum atomic E-state index is 0.179. The van der Waals surface area contributed by atoms with Gasteiger partial charge in [-0.2, -0.15) is 0 Å². The number of aromatic nitrogens is 4. The van der Waals surface area contributed by atoms with Gasteiger partial charge in [-0.25, -0.2) is 9.97 Å². The number of H-pyrrole nitrogens is 2. The number of aryl methyl sites for hydroxylation is 1. The van der Waals surface area contributed by atoms with Gasteiger partial charge in [0.25, 0.3) is 0 Å². The largest absolute Gasteiger partial charge is 0.506 e. The van der Waals surface area contributed by atoms with Gasteiger partial charge in [0.15, 0.2) is 16.2 Å². The Bertz CT molecular complexity index is 897. The van der Waals surface area contributed by atoms with Gasteiger partial charge < -0.3 is 20.4 Å². The lowest BCUT2D eigenvalue weighted by molar-refractivity contribution is 0.468. The summed E-state index contributed by atoms with van der Waals surface area (Å²) in [5.41, 5.74) is 2.40. The number of nitrogens with one attached hydrogen (secondary N) is 3. The predicted octanol–water partition coefficient (Wildman–Crippen LogP) is 4.17. The standard InChI is InChI=1S/C13H11Br2N5OS/c1-5-17-11(9-12(18-5)20-13(22)19-9)16-4-6-2-7(14)10(21)8(15)3-6/h2-3,21H,4H2,1H3,(H3,16,17,18,19,20,22). The highest BCUT2D eigenvalue weighted by Gasteiger charge is 2.10. The molecule has 0 amide bonds. The number of hydrogen-bond acceptors (Lipinski definition) is 5. The van der Waals surface area contributed by atoms with Gasteiger partial charge in [-0.1, -0.05) is 0 Å². The van der Waals surface area contributed by atoms with Crippen molar-refractivity contribution in [3.05, 3.63) is 37.2 Å². The molecular formula is C13H11Br2N5OS. The van der Waals surface area contributed by atoms with Gasteiger partial charge in [0, 0.05) is 6.54 Å². The van der Waals surface area contributed by atoms with Crippen LogP contribution in [-0.2, 0) is 6.54 Å². The Labute approximate surface area is 147 Å². The summed E-state index contributed by atoms with van der Waals surface area (Å²) >= 11 is 11.7. The van der Waals surface area contributed by atoms with Gasteiger partial charge in [-0.15, -0.1) is 0 Å². The molecule has 0 atom stereocenters. The zero-order chi connectivity index (χ0) is 15.9. The molecule has 0 saturated heterocycles. The third kappa shape index (κ3) is 3.01. The molecule has 0 aliphatic heterocycles. The third-order valence-corrected chi connectivity index (χ3v) is 4.44. The molecule has 0 fully saturated rings. The van der Waals surface area contributed by atoms with E-state index in [1.165, 1.54) is 0 Å². The first-order valence-electron chi connectivity index (χ1n) is 6.31.